The zero-order valence-electron chi connectivity index (χ0n) is 34.7. The first-order chi connectivity index (χ1) is 27.3. The van der Waals surface area contributed by atoms with Gasteiger partial charge in [-0.3, -0.25) is 14.6 Å². The minimum atomic E-state index is 0.203. The monoisotopic (exact) mass is 760 g/mol. The first-order valence-electron chi connectivity index (χ1n) is 22.2. The maximum Gasteiger partial charge on any atom is 0.253 e. The van der Waals surface area contributed by atoms with Crippen molar-refractivity contribution in [3.8, 4) is 0 Å². The molecule has 2 aromatic carbocycles. The second kappa shape index (κ2) is 17.2. The molecule has 7 heterocycles. The average Bonchev–Trinajstić information content (AvgIpc) is 3.72. The van der Waals surface area contributed by atoms with Gasteiger partial charge in [0.2, 0.25) is 0 Å². The summed E-state index contributed by atoms with van der Waals surface area (Å²) < 4.78 is 4.99. The molecule has 5 aliphatic rings. The van der Waals surface area contributed by atoms with Gasteiger partial charge in [-0.1, -0.05) is 27.7 Å². The van der Waals surface area contributed by atoms with E-state index in [0.717, 1.165) is 153 Å². The van der Waals surface area contributed by atoms with E-state index in [1.807, 2.05) is 11.0 Å². The van der Waals surface area contributed by atoms with Gasteiger partial charge in [-0.25, -0.2) is 0 Å². The number of aromatic nitrogens is 2. The Bertz CT molecular complexity index is 2070. The van der Waals surface area contributed by atoms with E-state index < -0.39 is 0 Å². The van der Waals surface area contributed by atoms with Crippen molar-refractivity contribution in [2.24, 2.45) is 16.8 Å². The van der Waals surface area contributed by atoms with Crippen LogP contribution in [0.4, 0.5) is 0 Å². The lowest BCUT2D eigenvalue weighted by Crippen LogP contribution is -2.38. The Morgan fingerprint density at radius 2 is 1.25 bits per heavy atom. The maximum atomic E-state index is 13.3. The first kappa shape index (κ1) is 38.7. The van der Waals surface area contributed by atoms with E-state index in [0.29, 0.717) is 0 Å². The van der Waals surface area contributed by atoms with Gasteiger partial charge in [0.15, 0.2) is 0 Å². The summed E-state index contributed by atoms with van der Waals surface area (Å²) in [6.07, 6.45) is 12.5. The van der Waals surface area contributed by atoms with Crippen LogP contribution in [0.1, 0.15) is 129 Å². The Balaban J connectivity index is 0.000000161. The molecule has 9 heteroatoms. The van der Waals surface area contributed by atoms with Gasteiger partial charge in [-0.05, 0) is 105 Å². The zero-order chi connectivity index (χ0) is 38.8. The lowest BCUT2D eigenvalue weighted by atomic mass is 9.98. The molecule has 9 rings (SSSR count). The lowest BCUT2D eigenvalue weighted by molar-refractivity contribution is 0.0689. The number of benzene rings is 2. The number of carbonyl (C=O) groups is 2. The van der Waals surface area contributed by atoms with Crippen LogP contribution in [-0.4, -0.2) is 87.3 Å². The molecule has 0 spiro atoms. The molecule has 0 atom stereocenters. The Hall–Kier alpha value is -4.11. The van der Waals surface area contributed by atoms with Gasteiger partial charge in [-0.2, -0.15) is 0 Å². The zero-order valence-corrected chi connectivity index (χ0v) is 34.7. The van der Waals surface area contributed by atoms with Gasteiger partial charge in [0, 0.05) is 141 Å². The third kappa shape index (κ3) is 7.77. The highest BCUT2D eigenvalue weighted by molar-refractivity contribution is 6.00. The fourth-order valence-corrected chi connectivity index (χ4v) is 10.0. The summed E-state index contributed by atoms with van der Waals surface area (Å²) in [4.78, 5) is 37.6. The van der Waals surface area contributed by atoms with Gasteiger partial charge in [0.05, 0.1) is 5.84 Å². The number of hydrogen-bond acceptors (Lipinski definition) is 5. The largest absolute Gasteiger partial charge is 0.356 e. The van der Waals surface area contributed by atoms with Gasteiger partial charge in [0.25, 0.3) is 11.8 Å². The Labute approximate surface area is 334 Å². The first-order valence-corrected chi connectivity index (χ1v) is 22.2. The molecule has 0 saturated carbocycles. The van der Waals surface area contributed by atoms with Crippen molar-refractivity contribution in [2.75, 3.05) is 45.8 Å². The molecule has 2 fully saturated rings. The summed E-state index contributed by atoms with van der Waals surface area (Å²) in [6.45, 7) is 19.7. The topological polar surface area (TPSA) is 78.1 Å². The molecule has 4 aromatic rings. The van der Waals surface area contributed by atoms with Crippen molar-refractivity contribution in [1.82, 2.24) is 29.2 Å². The van der Waals surface area contributed by atoms with Crippen LogP contribution in [0.15, 0.2) is 41.4 Å². The number of piperidine rings is 2. The van der Waals surface area contributed by atoms with Gasteiger partial charge < -0.3 is 29.2 Å². The van der Waals surface area contributed by atoms with Crippen LogP contribution in [-0.2, 0) is 39.0 Å². The Morgan fingerprint density at radius 1 is 0.696 bits per heavy atom. The Kier molecular flexibility index (Phi) is 11.9. The number of amidine groups is 1. The van der Waals surface area contributed by atoms with Gasteiger partial charge in [-0.15, -0.1) is 0 Å². The SMILES string of the molecule is CCCn1c2c(c3cc(C(=O)N4CCC(C)CC4)ccc31)CN(C1=NCCCC1)CC2.CCCn1c2c(c3cc(C(=O)N4CCC(C)CC4)ccc31)CNCC2. The normalized spacial score (nSPS) is 19.4. The van der Waals surface area contributed by atoms with Crippen LogP contribution >= 0.6 is 0 Å². The van der Waals surface area contributed by atoms with Crippen molar-refractivity contribution < 1.29 is 9.59 Å². The molecule has 9 nitrogen and oxygen atoms in total. The molecule has 0 bridgehead atoms. The third-order valence-corrected chi connectivity index (χ3v) is 13.4. The summed E-state index contributed by atoms with van der Waals surface area (Å²) in [6, 6.07) is 12.8. The van der Waals surface area contributed by atoms with E-state index in [9.17, 15) is 9.59 Å². The number of amides is 2. The van der Waals surface area contributed by atoms with Crippen molar-refractivity contribution in [2.45, 2.75) is 125 Å². The second-order valence-corrected chi connectivity index (χ2v) is 17.4. The summed E-state index contributed by atoms with van der Waals surface area (Å²) in [5.41, 5.74) is 10.0. The number of rotatable bonds is 6. The quantitative estimate of drug-likeness (QED) is 0.214. The number of aliphatic imine (C=N–C) groups is 1. The lowest BCUT2D eigenvalue weighted by Gasteiger charge is -2.32. The molecule has 1 N–H and O–H groups in total. The number of nitrogens with one attached hydrogen (secondary N) is 1. The molecule has 5 aliphatic heterocycles. The number of hydrogen-bond donors (Lipinski definition) is 1. The van der Waals surface area contributed by atoms with Crippen LogP contribution in [0.2, 0.25) is 0 Å². The molecule has 0 aliphatic carbocycles. The third-order valence-electron chi connectivity index (χ3n) is 13.4. The summed E-state index contributed by atoms with van der Waals surface area (Å²) in [7, 11) is 0. The minimum absolute atomic E-state index is 0.203. The number of likely N-dealkylation sites (tertiary alicyclic amines) is 2. The number of carbonyl (C=O) groups excluding carboxylic acids is 2. The minimum Gasteiger partial charge on any atom is -0.356 e. The van der Waals surface area contributed by atoms with Crippen LogP contribution in [0.5, 0.6) is 0 Å². The number of fused-ring (bicyclic) bond motifs is 6. The summed E-state index contributed by atoms with van der Waals surface area (Å²) in [5.74, 6) is 3.18. The van der Waals surface area contributed by atoms with E-state index >= 15 is 0 Å². The molecule has 56 heavy (non-hydrogen) atoms. The molecule has 2 saturated heterocycles. The highest BCUT2D eigenvalue weighted by atomic mass is 16.2. The fraction of sp³-hybridized carbons (Fsp3) is 0.596. The average molecular weight is 760 g/mol. The smallest absolute Gasteiger partial charge is 0.253 e. The van der Waals surface area contributed by atoms with E-state index in [-0.39, 0.29) is 11.8 Å². The molecule has 300 valence electrons. The molecular formula is C47H65N7O2. The predicted octanol–water partition coefficient (Wildman–Crippen LogP) is 8.43. The maximum absolute atomic E-state index is 13.3. The molecular weight excluding hydrogens is 695 g/mol. The van der Waals surface area contributed by atoms with E-state index in [1.54, 1.807) is 0 Å². The van der Waals surface area contributed by atoms with Crippen LogP contribution in [0.25, 0.3) is 21.8 Å². The fourth-order valence-electron chi connectivity index (χ4n) is 10.0. The summed E-state index contributed by atoms with van der Waals surface area (Å²) >= 11 is 0. The van der Waals surface area contributed by atoms with Crippen molar-refractivity contribution in [1.29, 1.82) is 0 Å². The Morgan fingerprint density at radius 3 is 1.79 bits per heavy atom. The van der Waals surface area contributed by atoms with Crippen molar-refractivity contribution in [3.63, 3.8) is 0 Å². The van der Waals surface area contributed by atoms with E-state index in [4.69, 9.17) is 4.99 Å². The molecule has 2 aromatic heterocycles. The van der Waals surface area contributed by atoms with E-state index in [1.165, 1.54) is 63.0 Å². The highest BCUT2D eigenvalue weighted by Gasteiger charge is 2.29. The van der Waals surface area contributed by atoms with Crippen molar-refractivity contribution >= 4 is 39.5 Å². The highest BCUT2D eigenvalue weighted by Crippen LogP contribution is 2.34. The second-order valence-electron chi connectivity index (χ2n) is 17.4. The standard InChI is InChI=1S/C26H36N4O.C21H29N3O/c1-3-13-30-23-8-7-20(26(31)28-14-9-19(2)10-15-28)17-21(23)22-18-29(16-11-24(22)30)25-6-4-5-12-27-25;1-3-10-24-19-5-4-16(21(25)23-11-7-15(2)8-12-23)13-17(19)18-14-22-9-6-20(18)24/h7-8,17,19H,3-6,9-16,18H2,1-2H3;4-5,13,15,22H,3,6-12,14H2,1-2H3. The van der Waals surface area contributed by atoms with Crippen molar-refractivity contribution in [3.05, 3.63) is 70.0 Å². The van der Waals surface area contributed by atoms with Crippen LogP contribution < -0.4 is 5.32 Å². The van der Waals surface area contributed by atoms with Crippen LogP contribution in [0, 0.1) is 11.8 Å². The number of nitrogens with zero attached hydrogens (tertiary/aromatic N) is 6. The molecule has 0 unspecified atom stereocenters. The summed E-state index contributed by atoms with van der Waals surface area (Å²) in [5, 5.41) is 6.05. The molecule has 0 radical (unpaired) electrons. The van der Waals surface area contributed by atoms with Gasteiger partial charge in [0.1, 0.15) is 0 Å². The predicted molar refractivity (Wildman–Crippen MR) is 229 cm³/mol. The number of aryl methyl sites for hydroxylation is 2. The van der Waals surface area contributed by atoms with Crippen LogP contribution in [0.3, 0.4) is 0 Å². The molecule has 2 amide bonds. The van der Waals surface area contributed by atoms with E-state index in [2.05, 4.69) is 82.3 Å². The van der Waals surface area contributed by atoms with Gasteiger partial charge >= 0.3 is 0 Å².